The first kappa shape index (κ1) is 19.2. The number of halogens is 1. The lowest BCUT2D eigenvalue weighted by Crippen LogP contribution is -2.15. The van der Waals surface area contributed by atoms with Gasteiger partial charge in [0.05, 0.1) is 23.3 Å². The number of thioether (sulfide) groups is 1. The summed E-state index contributed by atoms with van der Waals surface area (Å²) in [5.41, 5.74) is 3.51. The highest BCUT2D eigenvalue weighted by molar-refractivity contribution is 7.99. The van der Waals surface area contributed by atoms with E-state index in [4.69, 9.17) is 11.6 Å². The van der Waals surface area contributed by atoms with Crippen molar-refractivity contribution in [3.8, 4) is 16.9 Å². The third-order valence-electron chi connectivity index (χ3n) is 4.18. The lowest BCUT2D eigenvalue weighted by molar-refractivity contribution is -0.113. The molecular weight excluding hydrogens is 404 g/mol. The summed E-state index contributed by atoms with van der Waals surface area (Å²) in [6, 6.07) is 23.5. The van der Waals surface area contributed by atoms with Crippen LogP contribution >= 0.6 is 23.4 Å². The van der Waals surface area contributed by atoms with Crippen LogP contribution in [0, 0.1) is 0 Å². The predicted octanol–water partition coefficient (Wildman–Crippen LogP) is 5.32. The SMILES string of the molecule is O=C(CSc1ncc(-c2ccccc2)n1-c1ccccc1)Nc1cccnc1Cl. The number of nitrogens with one attached hydrogen (secondary N) is 1. The number of hydrogen-bond acceptors (Lipinski definition) is 4. The number of nitrogens with zero attached hydrogens (tertiary/aromatic N) is 3. The fourth-order valence-electron chi connectivity index (χ4n) is 2.87. The fraction of sp³-hybridized carbons (Fsp3) is 0.0455. The van der Waals surface area contributed by atoms with Crippen molar-refractivity contribution in [1.29, 1.82) is 0 Å². The summed E-state index contributed by atoms with van der Waals surface area (Å²) in [5.74, 6) is 0.0253. The third-order valence-corrected chi connectivity index (χ3v) is 5.43. The van der Waals surface area contributed by atoms with E-state index in [2.05, 4.69) is 19.9 Å². The molecular formula is C22H17ClN4OS. The van der Waals surface area contributed by atoms with Crippen molar-refractivity contribution >= 4 is 35.0 Å². The van der Waals surface area contributed by atoms with Crippen molar-refractivity contribution in [2.45, 2.75) is 5.16 Å². The fourth-order valence-corrected chi connectivity index (χ4v) is 3.83. The Labute approximate surface area is 177 Å². The van der Waals surface area contributed by atoms with Gasteiger partial charge >= 0.3 is 0 Å². The summed E-state index contributed by atoms with van der Waals surface area (Å²) < 4.78 is 2.06. The summed E-state index contributed by atoms with van der Waals surface area (Å²) in [4.78, 5) is 20.9. The molecule has 0 bridgehead atoms. The van der Waals surface area contributed by atoms with Gasteiger partial charge in [0.15, 0.2) is 10.3 Å². The van der Waals surface area contributed by atoms with E-state index >= 15 is 0 Å². The van der Waals surface area contributed by atoms with Crippen molar-refractivity contribution in [3.63, 3.8) is 0 Å². The third kappa shape index (κ3) is 4.50. The summed E-state index contributed by atoms with van der Waals surface area (Å²) in [6.45, 7) is 0. The quantitative estimate of drug-likeness (QED) is 0.339. The number of amides is 1. The molecule has 0 aliphatic rings. The number of para-hydroxylation sites is 1. The molecule has 0 saturated carbocycles. The molecule has 1 amide bonds. The largest absolute Gasteiger partial charge is 0.323 e. The number of imidazole rings is 1. The lowest BCUT2D eigenvalue weighted by atomic mass is 10.1. The second kappa shape index (κ2) is 8.94. The average molecular weight is 421 g/mol. The molecule has 0 atom stereocenters. The summed E-state index contributed by atoms with van der Waals surface area (Å²) in [6.07, 6.45) is 3.41. The second-order valence-corrected chi connectivity index (χ2v) is 7.44. The van der Waals surface area contributed by atoms with Gasteiger partial charge in [-0.3, -0.25) is 9.36 Å². The van der Waals surface area contributed by atoms with Crippen LogP contribution in [-0.2, 0) is 4.79 Å². The van der Waals surface area contributed by atoms with Crippen LogP contribution in [0.15, 0.2) is 90.3 Å². The number of pyridine rings is 1. The molecule has 0 aliphatic heterocycles. The van der Waals surface area contributed by atoms with E-state index in [0.29, 0.717) is 5.69 Å². The Hall–Kier alpha value is -3.09. The molecule has 0 fully saturated rings. The van der Waals surface area contributed by atoms with Crippen LogP contribution in [0.4, 0.5) is 5.69 Å². The number of benzene rings is 2. The van der Waals surface area contributed by atoms with E-state index < -0.39 is 0 Å². The highest BCUT2D eigenvalue weighted by Gasteiger charge is 2.15. The highest BCUT2D eigenvalue weighted by Crippen LogP contribution is 2.30. The molecule has 2 heterocycles. The van der Waals surface area contributed by atoms with Crippen LogP contribution < -0.4 is 5.32 Å². The molecule has 0 saturated heterocycles. The highest BCUT2D eigenvalue weighted by atomic mass is 35.5. The number of carbonyl (C=O) groups excluding carboxylic acids is 1. The van der Waals surface area contributed by atoms with E-state index in [1.54, 1.807) is 18.3 Å². The Morgan fingerprint density at radius 1 is 0.966 bits per heavy atom. The molecule has 2 aromatic carbocycles. The van der Waals surface area contributed by atoms with Crippen LogP contribution in [-0.4, -0.2) is 26.2 Å². The molecule has 0 unspecified atom stereocenters. The number of rotatable bonds is 6. The van der Waals surface area contributed by atoms with Gasteiger partial charge in [0.2, 0.25) is 5.91 Å². The van der Waals surface area contributed by atoms with Crippen LogP contribution in [0.1, 0.15) is 0 Å². The first-order valence-electron chi connectivity index (χ1n) is 8.94. The van der Waals surface area contributed by atoms with Crippen molar-refractivity contribution in [1.82, 2.24) is 14.5 Å². The summed E-state index contributed by atoms with van der Waals surface area (Å²) >= 11 is 7.38. The van der Waals surface area contributed by atoms with Crippen molar-refractivity contribution in [3.05, 3.63) is 90.3 Å². The molecule has 29 heavy (non-hydrogen) atoms. The smallest absolute Gasteiger partial charge is 0.234 e. The van der Waals surface area contributed by atoms with Crippen molar-refractivity contribution in [2.24, 2.45) is 0 Å². The molecule has 1 N–H and O–H groups in total. The van der Waals surface area contributed by atoms with Gasteiger partial charge in [-0.2, -0.15) is 0 Å². The van der Waals surface area contributed by atoms with E-state index in [1.807, 2.05) is 66.9 Å². The first-order valence-corrected chi connectivity index (χ1v) is 10.3. The van der Waals surface area contributed by atoms with Crippen molar-refractivity contribution in [2.75, 3.05) is 11.1 Å². The number of carbonyl (C=O) groups is 1. The van der Waals surface area contributed by atoms with Gasteiger partial charge < -0.3 is 5.32 Å². The first-order chi connectivity index (χ1) is 14.2. The van der Waals surface area contributed by atoms with Crippen LogP contribution in [0.25, 0.3) is 16.9 Å². The molecule has 0 aliphatic carbocycles. The maximum absolute atomic E-state index is 12.4. The number of aromatic nitrogens is 3. The van der Waals surface area contributed by atoms with Crippen LogP contribution in [0.3, 0.4) is 0 Å². The van der Waals surface area contributed by atoms with E-state index in [1.165, 1.54) is 11.8 Å². The van der Waals surface area contributed by atoms with E-state index in [9.17, 15) is 4.79 Å². The normalized spacial score (nSPS) is 10.7. The summed E-state index contributed by atoms with van der Waals surface area (Å²) in [5, 5.41) is 3.79. The Balaban J connectivity index is 1.58. The van der Waals surface area contributed by atoms with Gasteiger partial charge in [0.25, 0.3) is 0 Å². The molecule has 4 aromatic rings. The molecule has 7 heteroatoms. The Kier molecular flexibility index (Phi) is 5.93. The van der Waals surface area contributed by atoms with Gasteiger partial charge in [-0.05, 0) is 24.3 Å². The molecule has 0 spiro atoms. The number of anilines is 1. The molecule has 144 valence electrons. The average Bonchev–Trinajstić information content (AvgIpc) is 3.19. The minimum Gasteiger partial charge on any atom is -0.323 e. The molecule has 0 radical (unpaired) electrons. The van der Waals surface area contributed by atoms with E-state index in [-0.39, 0.29) is 16.8 Å². The van der Waals surface area contributed by atoms with Gasteiger partial charge in [-0.1, -0.05) is 71.9 Å². The van der Waals surface area contributed by atoms with Gasteiger partial charge in [0.1, 0.15) is 0 Å². The van der Waals surface area contributed by atoms with Gasteiger partial charge in [-0.15, -0.1) is 0 Å². The van der Waals surface area contributed by atoms with Crippen molar-refractivity contribution < 1.29 is 4.79 Å². The molecule has 2 aromatic heterocycles. The van der Waals surface area contributed by atoms with Crippen LogP contribution in [0.5, 0.6) is 0 Å². The maximum atomic E-state index is 12.4. The standard InChI is InChI=1S/C22H17ClN4OS/c23-21-18(12-7-13-24-21)26-20(28)15-29-22-25-14-19(16-8-3-1-4-9-16)27(22)17-10-5-2-6-11-17/h1-14H,15H2,(H,26,28). The maximum Gasteiger partial charge on any atom is 0.234 e. The van der Waals surface area contributed by atoms with Crippen LogP contribution in [0.2, 0.25) is 5.15 Å². The van der Waals surface area contributed by atoms with Gasteiger partial charge in [0, 0.05) is 17.4 Å². The zero-order valence-corrected chi connectivity index (χ0v) is 16.9. The Morgan fingerprint density at radius 3 is 2.41 bits per heavy atom. The lowest BCUT2D eigenvalue weighted by Gasteiger charge is -2.12. The molecule has 5 nitrogen and oxygen atoms in total. The zero-order valence-electron chi connectivity index (χ0n) is 15.3. The minimum absolute atomic E-state index is 0.172. The zero-order chi connectivity index (χ0) is 20.1. The monoisotopic (exact) mass is 420 g/mol. The molecule has 4 rings (SSSR count). The van der Waals surface area contributed by atoms with Gasteiger partial charge in [-0.25, -0.2) is 9.97 Å². The Morgan fingerprint density at radius 2 is 1.69 bits per heavy atom. The predicted molar refractivity (Wildman–Crippen MR) is 118 cm³/mol. The Bertz CT molecular complexity index is 1120. The van der Waals surface area contributed by atoms with E-state index in [0.717, 1.165) is 22.1 Å². The minimum atomic E-state index is -0.172. The topological polar surface area (TPSA) is 59.8 Å². The summed E-state index contributed by atoms with van der Waals surface area (Å²) in [7, 11) is 0. The number of hydrogen-bond donors (Lipinski definition) is 1. The second-order valence-electron chi connectivity index (χ2n) is 6.14.